The summed E-state index contributed by atoms with van der Waals surface area (Å²) in [5.41, 5.74) is 2.91. The molecule has 10 heteroatoms. The first-order chi connectivity index (χ1) is 10.4. The fourth-order valence-electron chi connectivity index (χ4n) is 2.07. The van der Waals surface area contributed by atoms with Crippen molar-refractivity contribution in [3.8, 4) is 0 Å². The van der Waals surface area contributed by atoms with E-state index in [0.717, 1.165) is 22.7 Å². The van der Waals surface area contributed by atoms with Crippen molar-refractivity contribution in [2.24, 2.45) is 0 Å². The summed E-state index contributed by atoms with van der Waals surface area (Å²) in [5.74, 6) is 0.454. The molecule has 6 nitrogen and oxygen atoms in total. The lowest BCUT2D eigenvalue weighted by molar-refractivity contribution is -0.140. The van der Waals surface area contributed by atoms with Gasteiger partial charge in [0.15, 0.2) is 11.9 Å². The second-order valence-electron chi connectivity index (χ2n) is 4.80. The molecule has 0 saturated heterocycles. The van der Waals surface area contributed by atoms with Gasteiger partial charge in [0.2, 0.25) is 0 Å². The highest BCUT2D eigenvalue weighted by atomic mass is 35.5. The van der Waals surface area contributed by atoms with E-state index in [1.165, 1.54) is 11.2 Å². The summed E-state index contributed by atoms with van der Waals surface area (Å²) in [5, 5.41) is 11.6. The van der Waals surface area contributed by atoms with Gasteiger partial charge in [-0.2, -0.15) is 13.2 Å². The number of aliphatic hydroxyl groups is 1. The standard InChI is InChI=1S/C13H12F3N5O.ClH/c1-8-2-3-17-11(4-8)21-12(22)9(5-19-21)20-6-10(18-7-20)13(14,15)16;/h2-7,12,19,22H,1H3;1H. The first kappa shape index (κ1) is 17.1. The zero-order valence-corrected chi connectivity index (χ0v) is 12.6. The second-order valence-corrected chi connectivity index (χ2v) is 4.80. The van der Waals surface area contributed by atoms with Gasteiger partial charge in [-0.05, 0) is 24.6 Å². The number of pyridine rings is 1. The van der Waals surface area contributed by atoms with Crippen molar-refractivity contribution in [1.82, 2.24) is 20.0 Å². The lowest BCUT2D eigenvalue weighted by Gasteiger charge is -2.23. The average molecular weight is 348 g/mol. The maximum Gasteiger partial charge on any atom is 0.434 e. The van der Waals surface area contributed by atoms with Crippen LogP contribution in [-0.2, 0) is 6.18 Å². The van der Waals surface area contributed by atoms with Gasteiger partial charge in [0.05, 0.1) is 12.0 Å². The number of anilines is 1. The first-order valence-electron chi connectivity index (χ1n) is 6.34. The number of hydrogen-bond acceptors (Lipinski definition) is 5. The minimum absolute atomic E-state index is 0. The van der Waals surface area contributed by atoms with Gasteiger partial charge < -0.3 is 9.67 Å². The second kappa shape index (κ2) is 6.09. The molecule has 1 unspecified atom stereocenters. The molecule has 0 radical (unpaired) electrons. The van der Waals surface area contributed by atoms with Crippen LogP contribution in [0.5, 0.6) is 0 Å². The van der Waals surface area contributed by atoms with Crippen LogP contribution < -0.4 is 10.4 Å². The number of nitrogens with zero attached hydrogens (tertiary/aromatic N) is 4. The van der Waals surface area contributed by atoms with Crippen LogP contribution in [0.3, 0.4) is 0 Å². The molecule has 3 heterocycles. The zero-order chi connectivity index (χ0) is 15.9. The van der Waals surface area contributed by atoms with E-state index < -0.39 is 18.1 Å². The van der Waals surface area contributed by atoms with E-state index >= 15 is 0 Å². The smallest absolute Gasteiger partial charge is 0.367 e. The van der Waals surface area contributed by atoms with E-state index in [2.05, 4.69) is 15.4 Å². The Morgan fingerprint density at radius 2 is 2.04 bits per heavy atom. The van der Waals surface area contributed by atoms with Gasteiger partial charge in [0.25, 0.3) is 0 Å². The Kier molecular flexibility index (Phi) is 4.53. The Bertz CT molecular complexity index is 730. The molecule has 1 aliphatic heterocycles. The molecule has 0 amide bonds. The molecule has 124 valence electrons. The Balaban J connectivity index is 0.00000192. The van der Waals surface area contributed by atoms with Crippen molar-refractivity contribution in [2.75, 3.05) is 5.01 Å². The number of hydrogen-bond donors (Lipinski definition) is 2. The van der Waals surface area contributed by atoms with E-state index in [1.54, 1.807) is 18.3 Å². The molecule has 23 heavy (non-hydrogen) atoms. The number of alkyl halides is 3. The van der Waals surface area contributed by atoms with Crippen LogP contribution in [-0.4, -0.2) is 25.9 Å². The molecule has 2 aromatic heterocycles. The Hall–Kier alpha value is -2.26. The van der Waals surface area contributed by atoms with Crippen molar-refractivity contribution < 1.29 is 18.3 Å². The number of imidazole rings is 1. The predicted octanol–water partition coefficient (Wildman–Crippen LogP) is 2.17. The summed E-state index contributed by atoms with van der Waals surface area (Å²) in [6.45, 7) is 1.87. The maximum absolute atomic E-state index is 12.6. The summed E-state index contributed by atoms with van der Waals surface area (Å²) >= 11 is 0. The highest BCUT2D eigenvalue weighted by Gasteiger charge is 2.35. The zero-order valence-electron chi connectivity index (χ0n) is 11.8. The summed E-state index contributed by atoms with van der Waals surface area (Å²) in [6.07, 6.45) is -0.909. The molecule has 1 aliphatic rings. The van der Waals surface area contributed by atoms with Crippen molar-refractivity contribution in [2.45, 2.75) is 19.3 Å². The molecule has 2 aromatic rings. The van der Waals surface area contributed by atoms with Crippen LogP contribution in [0.15, 0.2) is 37.1 Å². The monoisotopic (exact) mass is 347 g/mol. The summed E-state index contributed by atoms with van der Waals surface area (Å²) in [6, 6.07) is 3.54. The molecule has 3 rings (SSSR count). The van der Waals surface area contributed by atoms with E-state index in [4.69, 9.17) is 0 Å². The third-order valence-electron chi connectivity index (χ3n) is 3.18. The molecule has 0 aromatic carbocycles. The molecule has 0 bridgehead atoms. The molecule has 0 saturated carbocycles. The van der Waals surface area contributed by atoms with E-state index in [9.17, 15) is 18.3 Å². The highest BCUT2D eigenvalue weighted by molar-refractivity contribution is 5.85. The Labute approximate surface area is 135 Å². The predicted molar refractivity (Wildman–Crippen MR) is 79.3 cm³/mol. The molecule has 0 aliphatic carbocycles. The normalized spacial score (nSPS) is 17.5. The Morgan fingerprint density at radius 3 is 2.65 bits per heavy atom. The van der Waals surface area contributed by atoms with E-state index in [0.29, 0.717) is 5.82 Å². The SMILES string of the molecule is Cc1ccnc(N2NC=C(n3cnc(C(F)(F)F)c3)C2O)c1.Cl. The third kappa shape index (κ3) is 3.25. The van der Waals surface area contributed by atoms with Gasteiger partial charge in [-0.3, -0.25) is 5.43 Å². The van der Waals surface area contributed by atoms with Crippen LogP contribution in [0, 0.1) is 6.92 Å². The average Bonchev–Trinajstić information content (AvgIpc) is 3.04. The molecule has 0 spiro atoms. The van der Waals surface area contributed by atoms with Crippen LogP contribution >= 0.6 is 12.4 Å². The van der Waals surface area contributed by atoms with Crippen molar-refractivity contribution >= 4 is 23.9 Å². The minimum Gasteiger partial charge on any atom is -0.367 e. The van der Waals surface area contributed by atoms with Crippen LogP contribution in [0.2, 0.25) is 0 Å². The maximum atomic E-state index is 12.6. The van der Waals surface area contributed by atoms with Crippen molar-refractivity contribution in [3.63, 3.8) is 0 Å². The lowest BCUT2D eigenvalue weighted by atomic mass is 10.3. The first-order valence-corrected chi connectivity index (χ1v) is 6.34. The number of halogens is 4. The number of rotatable bonds is 2. The van der Waals surface area contributed by atoms with E-state index in [-0.39, 0.29) is 18.1 Å². The fraction of sp³-hybridized carbons (Fsp3) is 0.231. The molecular weight excluding hydrogens is 335 g/mol. The third-order valence-corrected chi connectivity index (χ3v) is 3.18. The number of hydrazine groups is 1. The van der Waals surface area contributed by atoms with Gasteiger partial charge in [-0.15, -0.1) is 12.4 Å². The molecule has 2 N–H and O–H groups in total. The van der Waals surface area contributed by atoms with Gasteiger partial charge in [-0.1, -0.05) is 0 Å². The van der Waals surface area contributed by atoms with Crippen molar-refractivity contribution in [3.05, 3.63) is 48.3 Å². The molecule has 1 atom stereocenters. The van der Waals surface area contributed by atoms with Gasteiger partial charge in [0, 0.05) is 18.6 Å². The number of aromatic nitrogens is 3. The largest absolute Gasteiger partial charge is 0.434 e. The van der Waals surface area contributed by atoms with Gasteiger partial charge >= 0.3 is 6.18 Å². The minimum atomic E-state index is -4.53. The van der Waals surface area contributed by atoms with Crippen LogP contribution in [0.1, 0.15) is 11.3 Å². The number of nitrogens with one attached hydrogen (secondary N) is 1. The molecule has 0 fully saturated rings. The van der Waals surface area contributed by atoms with Crippen LogP contribution in [0.25, 0.3) is 5.70 Å². The Morgan fingerprint density at radius 1 is 1.30 bits per heavy atom. The lowest BCUT2D eigenvalue weighted by Crippen LogP contribution is -2.39. The quantitative estimate of drug-likeness (QED) is 0.871. The fourth-order valence-corrected chi connectivity index (χ4v) is 2.07. The van der Waals surface area contributed by atoms with Crippen LogP contribution in [0.4, 0.5) is 19.0 Å². The van der Waals surface area contributed by atoms with Gasteiger partial charge in [0.1, 0.15) is 5.82 Å². The van der Waals surface area contributed by atoms with Crippen molar-refractivity contribution in [1.29, 1.82) is 0 Å². The topological polar surface area (TPSA) is 66.2 Å². The number of aliphatic hydroxyl groups excluding tert-OH is 1. The van der Waals surface area contributed by atoms with E-state index in [1.807, 2.05) is 6.92 Å². The van der Waals surface area contributed by atoms with Gasteiger partial charge in [-0.25, -0.2) is 15.0 Å². The summed E-state index contributed by atoms with van der Waals surface area (Å²) in [7, 11) is 0. The summed E-state index contributed by atoms with van der Waals surface area (Å²) < 4.78 is 38.9. The number of aryl methyl sites for hydroxylation is 1. The highest BCUT2D eigenvalue weighted by Crippen LogP contribution is 2.29. The molecular formula is C13H13ClF3N5O. The summed E-state index contributed by atoms with van der Waals surface area (Å²) in [4.78, 5) is 7.41.